The number of aromatic nitrogens is 1. The number of carbonyl (C=O) groups is 2. The van der Waals surface area contributed by atoms with E-state index in [9.17, 15) is 19.5 Å². The second-order valence-corrected chi connectivity index (χ2v) is 9.40. The summed E-state index contributed by atoms with van der Waals surface area (Å²) in [5, 5.41) is 19.4. The number of allylic oxidation sites excluding steroid dienone is 4. The third-order valence-corrected chi connectivity index (χ3v) is 7.15. The van der Waals surface area contributed by atoms with E-state index >= 15 is 0 Å². The number of hydrogen-bond donors (Lipinski definition) is 2. The van der Waals surface area contributed by atoms with Crippen LogP contribution in [0.25, 0.3) is 38.5 Å². The molecule has 0 bridgehead atoms. The predicted molar refractivity (Wildman–Crippen MR) is 158 cm³/mol. The molecule has 0 saturated carbocycles. The van der Waals surface area contributed by atoms with Crippen LogP contribution in [-0.2, 0) is 4.79 Å². The highest BCUT2D eigenvalue weighted by atomic mass is 16.5. The summed E-state index contributed by atoms with van der Waals surface area (Å²) in [5.74, 6) is -0.339. The number of aromatic amines is 1. The Balaban J connectivity index is 1.32. The molecule has 1 amide bonds. The fourth-order valence-corrected chi connectivity index (χ4v) is 5.18. The zero-order chi connectivity index (χ0) is 28.7. The van der Waals surface area contributed by atoms with Crippen LogP contribution >= 0.6 is 0 Å². The average Bonchev–Trinajstić information content (AvgIpc) is 2.99. The van der Waals surface area contributed by atoms with Gasteiger partial charge in [-0.25, -0.2) is 0 Å². The molecule has 1 aliphatic heterocycles. The number of fused-ring (bicyclic) bond motifs is 6. The van der Waals surface area contributed by atoms with Gasteiger partial charge < -0.3 is 24.9 Å². The number of rotatable bonds is 5. The van der Waals surface area contributed by atoms with Gasteiger partial charge in [-0.1, -0.05) is 78.6 Å². The lowest BCUT2D eigenvalue weighted by Gasteiger charge is -2.21. The molecule has 8 heteroatoms. The van der Waals surface area contributed by atoms with Crippen LogP contribution in [0.1, 0.15) is 15.9 Å². The molecular weight excluding hydrogens is 520 g/mol. The van der Waals surface area contributed by atoms with E-state index < -0.39 is 23.0 Å². The first kappa shape index (κ1) is 25.6. The van der Waals surface area contributed by atoms with Gasteiger partial charge in [-0.05, 0) is 23.6 Å². The first-order valence-corrected chi connectivity index (χ1v) is 12.8. The third kappa shape index (κ3) is 4.22. The van der Waals surface area contributed by atoms with E-state index in [1.165, 1.54) is 44.6 Å². The number of amides is 1. The molecule has 6 rings (SSSR count). The zero-order valence-electron chi connectivity index (χ0n) is 22.1. The molecule has 41 heavy (non-hydrogen) atoms. The number of ether oxygens (including phenoxy) is 2. The number of ketones is 1. The second-order valence-electron chi connectivity index (χ2n) is 9.40. The summed E-state index contributed by atoms with van der Waals surface area (Å²) in [6, 6.07) is 18.0. The molecule has 0 aliphatic carbocycles. The monoisotopic (exact) mass is 543 g/mol. The Morgan fingerprint density at radius 3 is 2.10 bits per heavy atom. The van der Waals surface area contributed by atoms with Crippen LogP contribution in [0.2, 0.25) is 0 Å². The van der Waals surface area contributed by atoms with Crippen LogP contribution in [0.3, 0.4) is 0 Å². The summed E-state index contributed by atoms with van der Waals surface area (Å²) in [5.41, 5.74) is 0.594. The highest BCUT2D eigenvalue weighted by Gasteiger charge is 2.30. The van der Waals surface area contributed by atoms with Gasteiger partial charge in [0.05, 0.1) is 36.6 Å². The van der Waals surface area contributed by atoms with Crippen molar-refractivity contribution < 1.29 is 24.2 Å². The molecule has 202 valence electrons. The third-order valence-electron chi connectivity index (χ3n) is 7.15. The molecule has 0 radical (unpaired) electrons. The van der Waals surface area contributed by atoms with Crippen LogP contribution in [0, 0.1) is 0 Å². The largest absolute Gasteiger partial charge is 0.871 e. The molecule has 0 saturated heterocycles. The lowest BCUT2D eigenvalue weighted by atomic mass is 9.92. The Labute approximate surface area is 233 Å². The van der Waals surface area contributed by atoms with Crippen LogP contribution in [0.5, 0.6) is 17.2 Å². The quantitative estimate of drug-likeness (QED) is 0.135. The molecule has 4 aromatic carbocycles. The second kappa shape index (κ2) is 10.2. The number of Topliss-reactive ketones (excluding diaryl/α,β-unsaturated/α-hetero) is 1. The first-order valence-electron chi connectivity index (χ1n) is 12.8. The lowest BCUT2D eigenvalue weighted by Crippen LogP contribution is -2.27. The maximum Gasteiger partial charge on any atom is 0.259 e. The van der Waals surface area contributed by atoms with Gasteiger partial charge in [-0.2, -0.15) is 0 Å². The number of anilines is 1. The summed E-state index contributed by atoms with van der Waals surface area (Å²) in [6.07, 6.45) is 7.33. The Morgan fingerprint density at radius 2 is 1.39 bits per heavy atom. The van der Waals surface area contributed by atoms with Crippen LogP contribution < -0.4 is 25.5 Å². The van der Waals surface area contributed by atoms with E-state index in [0.717, 1.165) is 10.8 Å². The minimum Gasteiger partial charge on any atom is -0.871 e. The molecule has 0 atom stereocenters. The molecule has 5 aromatic rings. The van der Waals surface area contributed by atoms with Crippen molar-refractivity contribution in [3.05, 3.63) is 112 Å². The molecule has 2 N–H and O–H groups in total. The van der Waals surface area contributed by atoms with E-state index in [0.29, 0.717) is 44.4 Å². The Morgan fingerprint density at radius 1 is 0.756 bits per heavy atom. The maximum atomic E-state index is 13.2. The van der Waals surface area contributed by atoms with Crippen molar-refractivity contribution in [1.29, 1.82) is 0 Å². The van der Waals surface area contributed by atoms with E-state index in [4.69, 9.17) is 9.47 Å². The molecule has 0 fully saturated rings. The van der Waals surface area contributed by atoms with Crippen molar-refractivity contribution in [3.63, 3.8) is 0 Å². The summed E-state index contributed by atoms with van der Waals surface area (Å²) < 4.78 is 10.9. The first-order chi connectivity index (χ1) is 19.9. The number of H-pyrrole nitrogens is 1. The predicted octanol–water partition coefficient (Wildman–Crippen LogP) is 5.26. The zero-order valence-corrected chi connectivity index (χ0v) is 22.1. The smallest absolute Gasteiger partial charge is 0.259 e. The number of methoxy groups -OCH3 is 2. The summed E-state index contributed by atoms with van der Waals surface area (Å²) >= 11 is 0. The van der Waals surface area contributed by atoms with Crippen molar-refractivity contribution in [2.45, 2.75) is 0 Å². The van der Waals surface area contributed by atoms with E-state index in [2.05, 4.69) is 10.3 Å². The summed E-state index contributed by atoms with van der Waals surface area (Å²) in [4.78, 5) is 41.7. The molecule has 8 nitrogen and oxygen atoms in total. The van der Waals surface area contributed by atoms with E-state index in [1.807, 2.05) is 48.5 Å². The maximum absolute atomic E-state index is 13.2. The normalized spacial score (nSPS) is 14.4. The number of pyridine rings is 1. The minimum absolute atomic E-state index is 0.0495. The van der Waals surface area contributed by atoms with Crippen molar-refractivity contribution >= 4 is 55.9 Å². The fraction of sp³-hybridized carbons (Fsp3) is 0.0606. The van der Waals surface area contributed by atoms with Crippen molar-refractivity contribution in [2.75, 3.05) is 19.5 Å². The topological polar surface area (TPSA) is 121 Å². The van der Waals surface area contributed by atoms with Crippen LogP contribution in [-0.4, -0.2) is 30.9 Å². The number of carbonyl (C=O) groups excluding carboxylic acids is 2. The highest BCUT2D eigenvalue weighted by Crippen LogP contribution is 2.39. The highest BCUT2D eigenvalue weighted by molar-refractivity contribution is 6.36. The number of nitrogens with one attached hydrogen (secondary N) is 2. The summed E-state index contributed by atoms with van der Waals surface area (Å²) in [7, 11) is 3.05. The van der Waals surface area contributed by atoms with Gasteiger partial charge in [0.1, 0.15) is 11.5 Å². The molecular formula is C33H23N2O6-. The standard InChI is InChI=1S/C33H24N2O6/c1-40-26-16-24-28(20-12-8-6-10-18(20)26)34-32(38)22(30(24)36)14-4-3-5-15-23-31(37)25-17-27(41-2)19-11-7-9-13-21(19)29(25)35-33(23)39/h3-17H,1-2H3,(H,34,38)(H2,35,37,39)/p-1/b4-3?,15-5?,22-14-. The molecule has 1 aliphatic rings. The number of hydrogen-bond acceptors (Lipinski definition) is 6. The van der Waals surface area contributed by atoms with Gasteiger partial charge in [-0.3, -0.25) is 14.4 Å². The van der Waals surface area contributed by atoms with E-state index in [1.54, 1.807) is 12.1 Å². The SMILES string of the molecule is COc1cc2c(c3ccccc13)NC(=O)/C(=C\C=CC=Cc1c([O-])c3cc(OC)c4ccccc4c3[nH]c1=O)C2=O. The lowest BCUT2D eigenvalue weighted by molar-refractivity contribution is -0.266. The average molecular weight is 544 g/mol. The van der Waals surface area contributed by atoms with Gasteiger partial charge >= 0.3 is 0 Å². The Hall–Kier alpha value is -5.63. The molecule has 2 heterocycles. The van der Waals surface area contributed by atoms with Crippen LogP contribution in [0.15, 0.2) is 95.3 Å². The van der Waals surface area contributed by atoms with Crippen molar-refractivity contribution in [3.8, 4) is 17.2 Å². The van der Waals surface area contributed by atoms with Gasteiger partial charge in [-0.15, -0.1) is 0 Å². The fourth-order valence-electron chi connectivity index (χ4n) is 5.18. The minimum atomic E-state index is -0.527. The van der Waals surface area contributed by atoms with Gasteiger partial charge in [0.25, 0.3) is 11.5 Å². The Kier molecular flexibility index (Phi) is 6.35. The van der Waals surface area contributed by atoms with Crippen LogP contribution in [0.4, 0.5) is 5.69 Å². The number of benzene rings is 4. The van der Waals surface area contributed by atoms with Gasteiger partial charge in [0.15, 0.2) is 0 Å². The molecule has 1 aromatic heterocycles. The molecule has 0 spiro atoms. The molecule has 0 unspecified atom stereocenters. The van der Waals surface area contributed by atoms with E-state index in [-0.39, 0.29) is 11.1 Å². The Bertz CT molecular complexity index is 2070. The van der Waals surface area contributed by atoms with Crippen molar-refractivity contribution in [1.82, 2.24) is 4.98 Å². The van der Waals surface area contributed by atoms with Crippen molar-refractivity contribution in [2.24, 2.45) is 0 Å². The van der Waals surface area contributed by atoms with Gasteiger partial charge in [0, 0.05) is 27.1 Å². The summed E-state index contributed by atoms with van der Waals surface area (Å²) in [6.45, 7) is 0. The van der Waals surface area contributed by atoms with Gasteiger partial charge in [0.2, 0.25) is 5.78 Å².